The number of aryl methyl sites for hydroxylation is 1. The van der Waals surface area contributed by atoms with E-state index in [9.17, 15) is 27.9 Å². The molecule has 2 amide bonds. The quantitative estimate of drug-likeness (QED) is 0.444. The van der Waals surface area contributed by atoms with E-state index in [1.807, 2.05) is 13.8 Å². The number of anilines is 1. The average molecular weight is 573 g/mol. The Kier molecular flexibility index (Phi) is 7.83. The lowest BCUT2D eigenvalue weighted by molar-refractivity contribution is -0.122. The number of fused-ring (bicyclic) bond motifs is 1. The van der Waals surface area contributed by atoms with Crippen molar-refractivity contribution in [3.8, 4) is 0 Å². The first-order valence-electron chi connectivity index (χ1n) is 12.8. The van der Waals surface area contributed by atoms with Crippen LogP contribution in [0.4, 0.5) is 15.4 Å². The number of ketones is 1. The van der Waals surface area contributed by atoms with Gasteiger partial charge in [0.15, 0.2) is 17.2 Å². The summed E-state index contributed by atoms with van der Waals surface area (Å²) in [6, 6.07) is 6.27. The van der Waals surface area contributed by atoms with Crippen LogP contribution in [0.3, 0.4) is 0 Å². The smallest absolute Gasteiger partial charge is 0.416 e. The van der Waals surface area contributed by atoms with Crippen molar-refractivity contribution < 1.29 is 32.6 Å². The topological polar surface area (TPSA) is 165 Å². The molecule has 1 aliphatic rings. The van der Waals surface area contributed by atoms with Crippen LogP contribution >= 0.6 is 0 Å². The van der Waals surface area contributed by atoms with Crippen molar-refractivity contribution >= 4 is 45.0 Å². The van der Waals surface area contributed by atoms with Gasteiger partial charge in [0, 0.05) is 19.0 Å². The summed E-state index contributed by atoms with van der Waals surface area (Å²) in [7, 11) is -4.07. The third-order valence-electron chi connectivity index (χ3n) is 6.63. The Morgan fingerprint density at radius 2 is 1.80 bits per heavy atom. The van der Waals surface area contributed by atoms with Crippen molar-refractivity contribution in [2.24, 2.45) is 11.8 Å². The number of carbonyl (C=O) groups excluding carboxylic acids is 2. The SMILES string of the molecule is CC[C@H]1CN(C(=O)O)C[C@H]1C(=O)CN(C(=O)OC(C)(C)C)c1cnc2c(cnn2S(=O)(=O)c2ccc(C)cc2)n1. The maximum atomic E-state index is 13.4. The molecule has 2 aromatic heterocycles. The van der Waals surface area contributed by atoms with Gasteiger partial charge in [-0.25, -0.2) is 19.6 Å². The summed E-state index contributed by atoms with van der Waals surface area (Å²) >= 11 is 0. The first-order chi connectivity index (χ1) is 18.7. The molecule has 1 saturated heterocycles. The maximum Gasteiger partial charge on any atom is 0.416 e. The second-order valence-corrected chi connectivity index (χ2v) is 12.5. The van der Waals surface area contributed by atoms with E-state index >= 15 is 0 Å². The molecule has 1 aliphatic heterocycles. The molecule has 3 aromatic rings. The molecule has 1 aromatic carbocycles. The summed E-state index contributed by atoms with van der Waals surface area (Å²) in [5, 5.41) is 13.4. The number of aromatic nitrogens is 4. The van der Waals surface area contributed by atoms with Crippen LogP contribution in [0, 0.1) is 18.8 Å². The Hall–Kier alpha value is -4.07. The second-order valence-electron chi connectivity index (χ2n) is 10.7. The van der Waals surface area contributed by atoms with Crippen LogP contribution in [0.1, 0.15) is 39.7 Å². The monoisotopic (exact) mass is 572 g/mol. The van der Waals surface area contributed by atoms with Gasteiger partial charge in [-0.15, -0.1) is 4.09 Å². The first-order valence-corrected chi connectivity index (χ1v) is 14.2. The molecule has 4 rings (SSSR count). The van der Waals surface area contributed by atoms with E-state index < -0.39 is 40.3 Å². The van der Waals surface area contributed by atoms with Crippen molar-refractivity contribution in [2.45, 2.75) is 51.5 Å². The van der Waals surface area contributed by atoms with Crippen molar-refractivity contribution in [2.75, 3.05) is 24.5 Å². The van der Waals surface area contributed by atoms with Gasteiger partial charge in [0.25, 0.3) is 10.0 Å². The number of amides is 2. The van der Waals surface area contributed by atoms with Crippen molar-refractivity contribution in [1.82, 2.24) is 24.1 Å². The summed E-state index contributed by atoms with van der Waals surface area (Å²) in [6.45, 7) is 8.57. The summed E-state index contributed by atoms with van der Waals surface area (Å²) < 4.78 is 32.7. The van der Waals surface area contributed by atoms with Crippen LogP contribution in [0.15, 0.2) is 41.6 Å². The minimum atomic E-state index is -4.07. The summed E-state index contributed by atoms with van der Waals surface area (Å²) in [4.78, 5) is 49.0. The predicted molar refractivity (Wildman–Crippen MR) is 145 cm³/mol. The van der Waals surface area contributed by atoms with Crippen LogP contribution in [-0.2, 0) is 19.6 Å². The predicted octanol–water partition coefficient (Wildman–Crippen LogP) is 3.32. The van der Waals surface area contributed by atoms with Gasteiger partial charge in [0.2, 0.25) is 0 Å². The molecule has 0 unspecified atom stereocenters. The highest BCUT2D eigenvalue weighted by Crippen LogP contribution is 2.29. The Morgan fingerprint density at radius 1 is 1.12 bits per heavy atom. The number of nitrogens with zero attached hydrogens (tertiary/aromatic N) is 6. The number of carboxylic acid groups (broad SMARTS) is 1. The van der Waals surface area contributed by atoms with Crippen molar-refractivity contribution in [3.63, 3.8) is 0 Å². The lowest BCUT2D eigenvalue weighted by Gasteiger charge is -2.27. The van der Waals surface area contributed by atoms with Crippen LogP contribution in [0.5, 0.6) is 0 Å². The van der Waals surface area contributed by atoms with Gasteiger partial charge in [-0.05, 0) is 45.7 Å². The number of hydrogen-bond donors (Lipinski definition) is 1. The molecule has 3 heterocycles. The van der Waals surface area contributed by atoms with Crippen molar-refractivity contribution in [3.05, 3.63) is 42.2 Å². The number of carbonyl (C=O) groups is 3. The fourth-order valence-corrected chi connectivity index (χ4v) is 5.75. The summed E-state index contributed by atoms with van der Waals surface area (Å²) in [6.07, 6.45) is 1.02. The first kappa shape index (κ1) is 28.9. The highest BCUT2D eigenvalue weighted by molar-refractivity contribution is 7.90. The molecule has 2 atom stereocenters. The van der Waals surface area contributed by atoms with Gasteiger partial charge in [-0.2, -0.15) is 13.5 Å². The Labute approximate surface area is 231 Å². The number of Topliss-reactive ketones (excluding diaryl/α,β-unsaturated/α-hetero) is 1. The van der Waals surface area contributed by atoms with Crippen LogP contribution in [0.25, 0.3) is 11.2 Å². The molecular formula is C26H32N6O7S. The van der Waals surface area contributed by atoms with E-state index in [1.165, 1.54) is 29.4 Å². The van der Waals surface area contributed by atoms with Gasteiger partial charge in [0.05, 0.1) is 23.8 Å². The molecule has 214 valence electrons. The minimum Gasteiger partial charge on any atom is -0.465 e. The molecule has 13 nitrogen and oxygen atoms in total. The van der Waals surface area contributed by atoms with E-state index in [0.29, 0.717) is 6.42 Å². The highest BCUT2D eigenvalue weighted by Gasteiger charge is 2.40. The molecule has 0 bridgehead atoms. The van der Waals surface area contributed by atoms with Crippen molar-refractivity contribution in [1.29, 1.82) is 0 Å². The van der Waals surface area contributed by atoms with E-state index in [2.05, 4.69) is 15.1 Å². The summed E-state index contributed by atoms with van der Waals surface area (Å²) in [5.74, 6) is -1.18. The largest absolute Gasteiger partial charge is 0.465 e. The molecule has 1 fully saturated rings. The molecular weight excluding hydrogens is 540 g/mol. The van der Waals surface area contributed by atoms with Crippen LogP contribution in [0.2, 0.25) is 0 Å². The number of hydrogen-bond acceptors (Lipinski definition) is 9. The van der Waals surface area contributed by atoms with Gasteiger partial charge in [-0.3, -0.25) is 9.69 Å². The fraction of sp³-hybridized carbons (Fsp3) is 0.462. The number of benzene rings is 1. The van der Waals surface area contributed by atoms with Gasteiger partial charge >= 0.3 is 12.2 Å². The van der Waals surface area contributed by atoms with E-state index in [0.717, 1.165) is 14.6 Å². The number of ether oxygens (including phenoxy) is 1. The maximum absolute atomic E-state index is 13.4. The van der Waals surface area contributed by atoms with E-state index in [-0.39, 0.29) is 46.7 Å². The van der Waals surface area contributed by atoms with Gasteiger partial charge in [-0.1, -0.05) is 31.0 Å². The normalized spacial score (nSPS) is 17.7. The lowest BCUT2D eigenvalue weighted by Crippen LogP contribution is -2.43. The van der Waals surface area contributed by atoms with E-state index in [1.54, 1.807) is 32.9 Å². The fourth-order valence-electron chi connectivity index (χ4n) is 4.53. The Bertz CT molecular complexity index is 1550. The zero-order valence-corrected chi connectivity index (χ0v) is 23.8. The molecule has 1 N–H and O–H groups in total. The highest BCUT2D eigenvalue weighted by atomic mass is 32.2. The van der Waals surface area contributed by atoms with Crippen LogP contribution in [-0.4, -0.2) is 80.8 Å². The Morgan fingerprint density at radius 3 is 2.40 bits per heavy atom. The average Bonchev–Trinajstić information content (AvgIpc) is 3.51. The summed E-state index contributed by atoms with van der Waals surface area (Å²) in [5.41, 5.74) is 0.0313. The minimum absolute atomic E-state index is 0.0207. The molecule has 14 heteroatoms. The van der Waals surface area contributed by atoms with Gasteiger partial charge in [0.1, 0.15) is 11.1 Å². The third-order valence-corrected chi connectivity index (χ3v) is 8.22. The molecule has 0 spiro atoms. The second kappa shape index (κ2) is 10.8. The number of likely N-dealkylation sites (tertiary alicyclic amines) is 1. The zero-order chi connectivity index (χ0) is 29.4. The standard InChI is InChI=1S/C26H32N6O7S/c1-6-17-13-30(24(34)35)14-19(17)21(33)15-31(25(36)39-26(3,4)5)22-12-27-23-20(29-22)11-28-32(23)40(37,38)18-9-7-16(2)8-10-18/h7-12,17,19H,6,13-15H2,1-5H3,(H,34,35)/t17-,19+/m0/s1. The molecule has 0 saturated carbocycles. The lowest BCUT2D eigenvalue weighted by atomic mass is 9.90. The zero-order valence-electron chi connectivity index (χ0n) is 22.9. The van der Waals surface area contributed by atoms with Gasteiger partial charge < -0.3 is 14.7 Å². The number of rotatable bonds is 7. The molecule has 0 radical (unpaired) electrons. The molecule has 40 heavy (non-hydrogen) atoms. The van der Waals surface area contributed by atoms with Crippen LogP contribution < -0.4 is 4.90 Å². The van der Waals surface area contributed by atoms with E-state index in [4.69, 9.17) is 4.74 Å². The molecule has 0 aliphatic carbocycles. The Balaban J connectivity index is 1.68. The third kappa shape index (κ3) is 5.91.